The molecule has 3 aromatic rings. The lowest BCUT2D eigenvalue weighted by Gasteiger charge is -2.29. The minimum Gasteiger partial charge on any atom is -0.378 e. The molecule has 1 aliphatic heterocycles. The number of hydrogen-bond donors (Lipinski definition) is 2. The normalized spacial score (nSPS) is 20.8. The third kappa shape index (κ3) is 5.39. The number of nitrogens with one attached hydrogen (secondary N) is 2. The number of morpholine rings is 1. The van der Waals surface area contributed by atoms with Gasteiger partial charge >= 0.3 is 0 Å². The van der Waals surface area contributed by atoms with Crippen molar-refractivity contribution in [1.82, 2.24) is 9.97 Å². The van der Waals surface area contributed by atoms with Crippen LogP contribution in [0, 0.1) is 5.92 Å². The molecule has 2 aliphatic rings. The first kappa shape index (κ1) is 22.8. The molecular formula is C26H31N5O2S. The zero-order valence-electron chi connectivity index (χ0n) is 19.3. The zero-order valence-corrected chi connectivity index (χ0v) is 20.2. The van der Waals surface area contributed by atoms with Gasteiger partial charge in [0.25, 0.3) is 0 Å². The predicted octanol–water partition coefficient (Wildman–Crippen LogP) is 5.39. The van der Waals surface area contributed by atoms with E-state index in [1.165, 1.54) is 11.8 Å². The molecule has 0 amide bonds. The summed E-state index contributed by atoms with van der Waals surface area (Å²) in [5.41, 5.74) is 3.11. The van der Waals surface area contributed by atoms with Crippen LogP contribution in [0.25, 0.3) is 10.2 Å². The van der Waals surface area contributed by atoms with E-state index in [0.29, 0.717) is 24.3 Å². The van der Waals surface area contributed by atoms with Crippen LogP contribution < -0.4 is 15.5 Å². The molecule has 2 aromatic heterocycles. The quantitative estimate of drug-likeness (QED) is 0.421. The summed E-state index contributed by atoms with van der Waals surface area (Å²) in [7, 11) is 0. The van der Waals surface area contributed by atoms with Crippen molar-refractivity contribution < 1.29 is 9.53 Å². The number of benzene rings is 1. The SMILES string of the molecule is C=CC(=O)CC1CCC(Nc2nc(Nc3ccc(N4CCOCC4)cc3)nc3ccsc23)CC1. The number of fused-ring (bicyclic) bond motifs is 1. The highest BCUT2D eigenvalue weighted by atomic mass is 32.1. The standard InChI is InChI=1S/C26H31N5O2S/c1-2-22(32)17-18-3-5-19(6-4-18)27-25-24-23(11-16-34-24)29-26(30-25)28-20-7-9-21(10-8-20)31-12-14-33-15-13-31/h2,7-11,16,18-19H,1,3-6,12-15,17H2,(H2,27,28,29,30). The molecule has 1 aromatic carbocycles. The number of carbonyl (C=O) groups excluding carboxylic acids is 1. The summed E-state index contributed by atoms with van der Waals surface area (Å²) < 4.78 is 6.53. The summed E-state index contributed by atoms with van der Waals surface area (Å²) in [6.07, 6.45) is 6.25. The number of aromatic nitrogens is 2. The molecule has 0 unspecified atom stereocenters. The van der Waals surface area contributed by atoms with Gasteiger partial charge in [0, 0.05) is 36.9 Å². The maximum absolute atomic E-state index is 11.7. The van der Waals surface area contributed by atoms with E-state index in [2.05, 4.69) is 51.8 Å². The minimum atomic E-state index is 0.154. The largest absolute Gasteiger partial charge is 0.378 e. The van der Waals surface area contributed by atoms with Crippen molar-refractivity contribution in [3.63, 3.8) is 0 Å². The van der Waals surface area contributed by atoms with Crippen molar-refractivity contribution in [1.29, 1.82) is 0 Å². The molecule has 34 heavy (non-hydrogen) atoms. The topological polar surface area (TPSA) is 79.4 Å². The maximum atomic E-state index is 11.7. The molecule has 3 heterocycles. The molecule has 7 nitrogen and oxygen atoms in total. The Morgan fingerprint density at radius 2 is 1.88 bits per heavy atom. The minimum absolute atomic E-state index is 0.154. The van der Waals surface area contributed by atoms with E-state index in [4.69, 9.17) is 14.7 Å². The van der Waals surface area contributed by atoms with Crippen molar-refractivity contribution in [3.05, 3.63) is 48.4 Å². The first-order chi connectivity index (χ1) is 16.7. The Morgan fingerprint density at radius 3 is 2.62 bits per heavy atom. The Balaban J connectivity index is 1.26. The molecule has 5 rings (SSSR count). The molecule has 1 aliphatic carbocycles. The Hall–Kier alpha value is -2.97. The highest BCUT2D eigenvalue weighted by molar-refractivity contribution is 7.17. The van der Waals surface area contributed by atoms with Crippen LogP contribution in [0.2, 0.25) is 0 Å². The van der Waals surface area contributed by atoms with Crippen molar-refractivity contribution in [2.45, 2.75) is 38.1 Å². The second-order valence-electron chi connectivity index (χ2n) is 9.04. The summed E-state index contributed by atoms with van der Waals surface area (Å²) in [5.74, 6) is 2.10. The molecule has 0 bridgehead atoms. The van der Waals surface area contributed by atoms with Crippen LogP contribution in [0.15, 0.2) is 48.4 Å². The average molecular weight is 478 g/mol. The molecular weight excluding hydrogens is 446 g/mol. The second-order valence-corrected chi connectivity index (χ2v) is 9.95. The predicted molar refractivity (Wildman–Crippen MR) is 139 cm³/mol. The lowest BCUT2D eigenvalue weighted by Crippen LogP contribution is -2.36. The van der Waals surface area contributed by atoms with E-state index < -0.39 is 0 Å². The van der Waals surface area contributed by atoms with E-state index >= 15 is 0 Å². The lowest BCUT2D eigenvalue weighted by atomic mass is 9.83. The summed E-state index contributed by atoms with van der Waals surface area (Å²) in [5, 5.41) is 9.11. The number of thiophene rings is 1. The molecule has 2 fully saturated rings. The van der Waals surface area contributed by atoms with Crippen LogP contribution in [-0.4, -0.2) is 48.1 Å². The third-order valence-electron chi connectivity index (χ3n) is 6.71. The van der Waals surface area contributed by atoms with E-state index in [9.17, 15) is 4.79 Å². The van der Waals surface area contributed by atoms with Crippen LogP contribution in [0.5, 0.6) is 0 Å². The van der Waals surface area contributed by atoms with Crippen LogP contribution in [-0.2, 0) is 9.53 Å². The number of hydrogen-bond acceptors (Lipinski definition) is 8. The number of nitrogens with zero attached hydrogens (tertiary/aromatic N) is 3. The first-order valence-corrected chi connectivity index (χ1v) is 12.9. The molecule has 0 spiro atoms. The number of anilines is 4. The summed E-state index contributed by atoms with van der Waals surface area (Å²) in [6, 6.07) is 10.8. The van der Waals surface area contributed by atoms with Crippen molar-refractivity contribution in [2.75, 3.05) is 41.8 Å². The summed E-state index contributed by atoms with van der Waals surface area (Å²) in [6.45, 7) is 7.00. The average Bonchev–Trinajstić information content (AvgIpc) is 3.35. The van der Waals surface area contributed by atoms with Gasteiger partial charge in [0.15, 0.2) is 5.78 Å². The highest BCUT2D eigenvalue weighted by Crippen LogP contribution is 2.33. The number of rotatable bonds is 8. The van der Waals surface area contributed by atoms with E-state index in [1.807, 2.05) is 6.07 Å². The van der Waals surface area contributed by atoms with Gasteiger partial charge in [-0.25, -0.2) is 4.98 Å². The molecule has 0 atom stereocenters. The van der Waals surface area contributed by atoms with Gasteiger partial charge in [-0.05, 0) is 73.4 Å². The van der Waals surface area contributed by atoms with Gasteiger partial charge in [0.1, 0.15) is 5.82 Å². The molecule has 2 N–H and O–H groups in total. The fraction of sp³-hybridized carbons (Fsp3) is 0.423. The monoisotopic (exact) mass is 477 g/mol. The number of allylic oxidation sites excluding steroid dienone is 1. The van der Waals surface area contributed by atoms with Gasteiger partial charge in [-0.1, -0.05) is 6.58 Å². The Bertz CT molecular complexity index is 1130. The van der Waals surface area contributed by atoms with E-state index in [1.54, 1.807) is 11.3 Å². The van der Waals surface area contributed by atoms with Crippen molar-refractivity contribution in [2.24, 2.45) is 5.92 Å². The Kier molecular flexibility index (Phi) is 7.06. The smallest absolute Gasteiger partial charge is 0.229 e. The van der Waals surface area contributed by atoms with Crippen LogP contribution in [0.4, 0.5) is 23.1 Å². The summed E-state index contributed by atoms with van der Waals surface area (Å²) >= 11 is 1.66. The van der Waals surface area contributed by atoms with Crippen molar-refractivity contribution >= 4 is 50.5 Å². The maximum Gasteiger partial charge on any atom is 0.229 e. The number of carbonyl (C=O) groups is 1. The Morgan fingerprint density at radius 1 is 1.12 bits per heavy atom. The Labute approximate surface area is 204 Å². The molecule has 1 saturated carbocycles. The van der Waals surface area contributed by atoms with Gasteiger partial charge in [0.2, 0.25) is 5.95 Å². The molecule has 1 saturated heterocycles. The molecule has 8 heteroatoms. The fourth-order valence-corrected chi connectivity index (χ4v) is 5.58. The number of ether oxygens (including phenoxy) is 1. The number of ketones is 1. The molecule has 178 valence electrons. The van der Waals surface area contributed by atoms with Crippen LogP contribution in [0.1, 0.15) is 32.1 Å². The summed E-state index contributed by atoms with van der Waals surface area (Å²) in [4.78, 5) is 23.6. The van der Waals surface area contributed by atoms with Gasteiger partial charge < -0.3 is 20.3 Å². The first-order valence-electron chi connectivity index (χ1n) is 12.0. The van der Waals surface area contributed by atoms with Crippen LogP contribution >= 0.6 is 11.3 Å². The molecule has 0 radical (unpaired) electrons. The van der Waals surface area contributed by atoms with Crippen LogP contribution in [0.3, 0.4) is 0 Å². The van der Waals surface area contributed by atoms with Gasteiger partial charge in [0.05, 0.1) is 23.4 Å². The van der Waals surface area contributed by atoms with E-state index in [0.717, 1.165) is 73.7 Å². The zero-order chi connectivity index (χ0) is 23.3. The lowest BCUT2D eigenvalue weighted by molar-refractivity contribution is -0.115. The second kappa shape index (κ2) is 10.5. The van der Waals surface area contributed by atoms with Gasteiger partial charge in [-0.2, -0.15) is 4.98 Å². The van der Waals surface area contributed by atoms with E-state index in [-0.39, 0.29) is 5.78 Å². The third-order valence-corrected chi connectivity index (χ3v) is 7.62. The fourth-order valence-electron chi connectivity index (χ4n) is 4.80. The van der Waals surface area contributed by atoms with Gasteiger partial charge in [-0.3, -0.25) is 4.79 Å². The van der Waals surface area contributed by atoms with Crippen molar-refractivity contribution in [3.8, 4) is 0 Å². The van der Waals surface area contributed by atoms with Gasteiger partial charge in [-0.15, -0.1) is 11.3 Å². The highest BCUT2D eigenvalue weighted by Gasteiger charge is 2.23.